The van der Waals surface area contributed by atoms with Crippen LogP contribution in [0.3, 0.4) is 0 Å². The van der Waals surface area contributed by atoms with E-state index in [1.165, 1.54) is 10.6 Å². The minimum Gasteiger partial charge on any atom is -0.346 e. The average molecular weight is 242 g/mol. The van der Waals surface area contributed by atoms with Crippen LogP contribution in [0.15, 0.2) is 24.3 Å². The van der Waals surface area contributed by atoms with Gasteiger partial charge in [-0.2, -0.15) is 13.2 Å². The third kappa shape index (κ3) is 1.80. The maximum Gasteiger partial charge on any atom is 0.418 e. The Morgan fingerprint density at radius 2 is 1.82 bits per heavy atom. The summed E-state index contributed by atoms with van der Waals surface area (Å²) in [6.45, 7) is 1.56. The maximum absolute atomic E-state index is 13.1. The van der Waals surface area contributed by atoms with Gasteiger partial charge in [0.15, 0.2) is 0 Å². The SMILES string of the molecule is CC(N)c1c(C(F)(F)F)c2ccccc2n1C. The summed E-state index contributed by atoms with van der Waals surface area (Å²) in [4.78, 5) is 0. The Hall–Kier alpha value is -1.49. The number of nitrogens with zero attached hydrogens (tertiary/aromatic N) is 1. The van der Waals surface area contributed by atoms with Crippen LogP contribution in [0.1, 0.15) is 24.2 Å². The molecule has 1 aromatic heterocycles. The second kappa shape index (κ2) is 3.77. The molecule has 1 unspecified atom stereocenters. The third-order valence-electron chi connectivity index (χ3n) is 2.87. The number of rotatable bonds is 1. The summed E-state index contributed by atoms with van der Waals surface area (Å²) in [6.07, 6.45) is -4.39. The normalized spacial score (nSPS) is 14.2. The smallest absolute Gasteiger partial charge is 0.346 e. The Morgan fingerprint density at radius 3 is 2.35 bits per heavy atom. The highest BCUT2D eigenvalue weighted by atomic mass is 19.4. The molecule has 2 N–H and O–H groups in total. The predicted molar refractivity (Wildman–Crippen MR) is 60.5 cm³/mol. The molecule has 0 saturated carbocycles. The van der Waals surface area contributed by atoms with Crippen molar-refractivity contribution in [2.75, 3.05) is 0 Å². The van der Waals surface area contributed by atoms with Crippen LogP contribution in [0.25, 0.3) is 10.9 Å². The van der Waals surface area contributed by atoms with Gasteiger partial charge >= 0.3 is 6.18 Å². The molecule has 0 spiro atoms. The lowest BCUT2D eigenvalue weighted by molar-refractivity contribution is -0.137. The van der Waals surface area contributed by atoms with E-state index in [-0.39, 0.29) is 11.1 Å². The Morgan fingerprint density at radius 1 is 1.24 bits per heavy atom. The van der Waals surface area contributed by atoms with Gasteiger partial charge in [0.05, 0.1) is 5.56 Å². The van der Waals surface area contributed by atoms with Crippen LogP contribution >= 0.6 is 0 Å². The molecule has 2 aromatic rings. The van der Waals surface area contributed by atoms with Crippen molar-refractivity contribution in [2.24, 2.45) is 12.8 Å². The minimum absolute atomic E-state index is 0.124. The number of hydrogen-bond donors (Lipinski definition) is 1. The zero-order valence-electron chi connectivity index (χ0n) is 9.55. The van der Waals surface area contributed by atoms with Crippen LogP contribution in [-0.4, -0.2) is 4.57 Å². The van der Waals surface area contributed by atoms with Crippen molar-refractivity contribution in [1.29, 1.82) is 0 Å². The highest BCUT2D eigenvalue weighted by Crippen LogP contribution is 2.40. The van der Waals surface area contributed by atoms with Crippen LogP contribution in [0.5, 0.6) is 0 Å². The lowest BCUT2D eigenvalue weighted by Gasteiger charge is -2.13. The standard InChI is InChI=1S/C12H13F3N2/c1-7(16)11-10(12(13,14)15)8-5-3-4-6-9(8)17(11)2/h3-7H,16H2,1-2H3. The van der Waals surface area contributed by atoms with Crippen LogP contribution < -0.4 is 5.73 Å². The second-order valence-corrected chi connectivity index (χ2v) is 4.12. The first-order chi connectivity index (χ1) is 7.84. The van der Waals surface area contributed by atoms with E-state index in [1.54, 1.807) is 32.2 Å². The Balaban J connectivity index is 2.91. The van der Waals surface area contributed by atoms with Crippen molar-refractivity contribution >= 4 is 10.9 Å². The van der Waals surface area contributed by atoms with E-state index in [0.29, 0.717) is 5.52 Å². The minimum atomic E-state index is -4.39. The molecule has 0 aliphatic heterocycles. The van der Waals surface area contributed by atoms with Gasteiger partial charge in [0, 0.05) is 29.7 Å². The number of aromatic nitrogens is 1. The summed E-state index contributed by atoms with van der Waals surface area (Å²) in [5, 5.41) is 0.204. The Kier molecular flexibility index (Phi) is 2.66. The predicted octanol–water partition coefficient (Wildman–Crippen LogP) is 3.22. The molecule has 92 valence electrons. The number of fused-ring (bicyclic) bond motifs is 1. The summed E-state index contributed by atoms with van der Waals surface area (Å²) in [7, 11) is 1.61. The molecule has 1 heterocycles. The van der Waals surface area contributed by atoms with Crippen LogP contribution in [-0.2, 0) is 13.2 Å². The van der Waals surface area contributed by atoms with E-state index < -0.39 is 17.8 Å². The molecule has 0 radical (unpaired) electrons. The van der Waals surface area contributed by atoms with E-state index in [9.17, 15) is 13.2 Å². The topological polar surface area (TPSA) is 30.9 Å². The van der Waals surface area contributed by atoms with Crippen molar-refractivity contribution in [1.82, 2.24) is 4.57 Å². The fourth-order valence-corrected chi connectivity index (χ4v) is 2.24. The van der Waals surface area contributed by atoms with Gasteiger partial charge in [-0.1, -0.05) is 18.2 Å². The number of para-hydroxylation sites is 1. The Bertz CT molecular complexity index is 553. The van der Waals surface area contributed by atoms with Gasteiger partial charge in [0.25, 0.3) is 0 Å². The molecule has 0 amide bonds. The summed E-state index contributed by atoms with van der Waals surface area (Å²) < 4.78 is 40.8. The lowest BCUT2D eigenvalue weighted by atomic mass is 10.1. The molecule has 0 bridgehead atoms. The highest BCUT2D eigenvalue weighted by molar-refractivity contribution is 5.86. The quantitative estimate of drug-likeness (QED) is 0.817. The molecule has 1 aromatic carbocycles. The summed E-state index contributed by atoms with van der Waals surface area (Å²) in [6, 6.07) is 5.79. The van der Waals surface area contributed by atoms with Gasteiger partial charge < -0.3 is 10.3 Å². The number of nitrogens with two attached hydrogens (primary N) is 1. The zero-order chi connectivity index (χ0) is 12.8. The fraction of sp³-hybridized carbons (Fsp3) is 0.333. The first-order valence-corrected chi connectivity index (χ1v) is 5.24. The van der Waals surface area contributed by atoms with Crippen molar-refractivity contribution in [3.63, 3.8) is 0 Å². The third-order valence-corrected chi connectivity index (χ3v) is 2.87. The van der Waals surface area contributed by atoms with Crippen LogP contribution in [0.2, 0.25) is 0 Å². The molecule has 0 aliphatic rings. The molecule has 1 atom stereocenters. The number of aryl methyl sites for hydroxylation is 1. The number of hydrogen-bond acceptors (Lipinski definition) is 1. The van der Waals surface area contributed by atoms with Crippen LogP contribution in [0.4, 0.5) is 13.2 Å². The number of halogens is 3. The molecule has 5 heteroatoms. The van der Waals surface area contributed by atoms with E-state index in [1.807, 2.05) is 0 Å². The summed E-state index contributed by atoms with van der Waals surface area (Å²) in [5.41, 5.74) is 5.71. The molecular formula is C12H13F3N2. The van der Waals surface area contributed by atoms with Gasteiger partial charge in [-0.25, -0.2) is 0 Å². The van der Waals surface area contributed by atoms with Crippen molar-refractivity contribution in [3.05, 3.63) is 35.5 Å². The molecule has 17 heavy (non-hydrogen) atoms. The Labute approximate surface area is 96.8 Å². The van der Waals surface area contributed by atoms with Crippen molar-refractivity contribution in [3.8, 4) is 0 Å². The number of alkyl halides is 3. The van der Waals surface area contributed by atoms with Crippen molar-refractivity contribution < 1.29 is 13.2 Å². The summed E-state index contributed by atoms with van der Waals surface area (Å²) >= 11 is 0. The van der Waals surface area contributed by atoms with Gasteiger partial charge in [0.1, 0.15) is 0 Å². The average Bonchev–Trinajstić information content (AvgIpc) is 2.52. The van der Waals surface area contributed by atoms with Gasteiger partial charge in [0.2, 0.25) is 0 Å². The van der Waals surface area contributed by atoms with Gasteiger partial charge in [-0.05, 0) is 13.0 Å². The van der Waals surface area contributed by atoms with Crippen molar-refractivity contribution in [2.45, 2.75) is 19.1 Å². The lowest BCUT2D eigenvalue weighted by Crippen LogP contribution is -2.16. The van der Waals surface area contributed by atoms with E-state index in [4.69, 9.17) is 5.73 Å². The molecule has 0 saturated heterocycles. The number of benzene rings is 1. The van der Waals surface area contributed by atoms with E-state index >= 15 is 0 Å². The highest BCUT2D eigenvalue weighted by Gasteiger charge is 2.38. The largest absolute Gasteiger partial charge is 0.418 e. The molecule has 2 nitrogen and oxygen atoms in total. The molecule has 0 fully saturated rings. The maximum atomic E-state index is 13.1. The molecule has 2 rings (SSSR count). The van der Waals surface area contributed by atoms with Gasteiger partial charge in [-0.15, -0.1) is 0 Å². The fourth-order valence-electron chi connectivity index (χ4n) is 2.24. The first kappa shape index (κ1) is 12.0. The van der Waals surface area contributed by atoms with E-state index in [2.05, 4.69) is 0 Å². The van der Waals surface area contributed by atoms with Gasteiger partial charge in [-0.3, -0.25) is 0 Å². The molecule has 0 aliphatic carbocycles. The van der Waals surface area contributed by atoms with E-state index in [0.717, 1.165) is 0 Å². The molecular weight excluding hydrogens is 229 g/mol. The summed E-state index contributed by atoms with van der Waals surface area (Å²) in [5.74, 6) is 0. The zero-order valence-corrected chi connectivity index (χ0v) is 9.55. The van der Waals surface area contributed by atoms with Crippen LogP contribution in [0, 0.1) is 0 Å². The monoisotopic (exact) mass is 242 g/mol. The second-order valence-electron chi connectivity index (χ2n) is 4.12. The first-order valence-electron chi connectivity index (χ1n) is 5.24.